The van der Waals surface area contributed by atoms with Gasteiger partial charge in [0.2, 0.25) is 0 Å². The minimum atomic E-state index is -0.269. The zero-order valence-corrected chi connectivity index (χ0v) is 14.5. The first kappa shape index (κ1) is 15.7. The van der Waals surface area contributed by atoms with Gasteiger partial charge in [0.1, 0.15) is 0 Å². The quantitative estimate of drug-likeness (QED) is 0.530. The minimum absolute atomic E-state index is 0.0613. The van der Waals surface area contributed by atoms with Crippen LogP contribution in [0.25, 0.3) is 0 Å². The SMILES string of the molecule is C#CC1C[C@H](O)CC2=CC[C@H]3[C@@H]4CC[C@@H](O)[C@@]4(C)CC[C@@H]3[C@]21C. The number of allylic oxidation sites excluding steroid dienone is 1. The number of terminal acetylenes is 1. The second-order valence-corrected chi connectivity index (χ2v) is 9.08. The number of aliphatic hydroxyl groups excluding tert-OH is 2. The fourth-order valence-corrected chi connectivity index (χ4v) is 6.95. The Morgan fingerprint density at radius 3 is 2.70 bits per heavy atom. The molecule has 0 heterocycles. The van der Waals surface area contributed by atoms with E-state index in [1.807, 2.05) is 0 Å². The normalized spacial score (nSPS) is 55.2. The number of fused-ring (bicyclic) bond motifs is 5. The Labute approximate surface area is 140 Å². The second-order valence-electron chi connectivity index (χ2n) is 9.08. The van der Waals surface area contributed by atoms with Crippen LogP contribution in [0.15, 0.2) is 11.6 Å². The van der Waals surface area contributed by atoms with Gasteiger partial charge < -0.3 is 10.2 Å². The maximum Gasteiger partial charge on any atom is 0.0596 e. The highest BCUT2D eigenvalue weighted by Gasteiger charge is 2.60. The summed E-state index contributed by atoms with van der Waals surface area (Å²) >= 11 is 0. The molecule has 0 spiro atoms. The largest absolute Gasteiger partial charge is 0.393 e. The molecule has 0 radical (unpaired) electrons. The van der Waals surface area contributed by atoms with Crippen molar-refractivity contribution in [2.75, 3.05) is 0 Å². The summed E-state index contributed by atoms with van der Waals surface area (Å²) in [6.45, 7) is 4.69. The first-order valence-electron chi connectivity index (χ1n) is 9.43. The van der Waals surface area contributed by atoms with E-state index in [4.69, 9.17) is 6.42 Å². The molecule has 0 aliphatic heterocycles. The molecule has 3 fully saturated rings. The fraction of sp³-hybridized carbons (Fsp3) is 0.810. The Morgan fingerprint density at radius 1 is 1.17 bits per heavy atom. The van der Waals surface area contributed by atoms with Crippen LogP contribution in [0.1, 0.15) is 58.8 Å². The molecule has 0 aromatic rings. The summed E-state index contributed by atoms with van der Waals surface area (Å²) in [5.41, 5.74) is 1.59. The van der Waals surface area contributed by atoms with Gasteiger partial charge in [0, 0.05) is 11.3 Å². The molecule has 0 saturated heterocycles. The first-order valence-corrected chi connectivity index (χ1v) is 9.43. The van der Waals surface area contributed by atoms with E-state index in [9.17, 15) is 10.2 Å². The lowest BCUT2D eigenvalue weighted by molar-refractivity contribution is -0.0804. The van der Waals surface area contributed by atoms with Gasteiger partial charge >= 0.3 is 0 Å². The number of hydrogen-bond donors (Lipinski definition) is 2. The molecule has 2 heteroatoms. The van der Waals surface area contributed by atoms with Gasteiger partial charge in [-0.25, -0.2) is 0 Å². The van der Waals surface area contributed by atoms with Crippen molar-refractivity contribution in [3.63, 3.8) is 0 Å². The summed E-state index contributed by atoms with van der Waals surface area (Å²) < 4.78 is 0. The van der Waals surface area contributed by atoms with Crippen molar-refractivity contribution >= 4 is 0 Å². The summed E-state index contributed by atoms with van der Waals surface area (Å²) in [6, 6.07) is 0. The summed E-state index contributed by atoms with van der Waals surface area (Å²) in [7, 11) is 0. The Hall–Kier alpha value is -0.780. The molecule has 8 atom stereocenters. The lowest BCUT2D eigenvalue weighted by Crippen LogP contribution is -2.53. The predicted octanol–water partition coefficient (Wildman–Crippen LogP) is 3.53. The van der Waals surface area contributed by atoms with E-state index >= 15 is 0 Å². The van der Waals surface area contributed by atoms with Crippen LogP contribution in [0.5, 0.6) is 0 Å². The molecule has 0 aromatic carbocycles. The zero-order valence-electron chi connectivity index (χ0n) is 14.5. The van der Waals surface area contributed by atoms with E-state index in [2.05, 4.69) is 25.8 Å². The third-order valence-electron chi connectivity index (χ3n) is 8.37. The molecular formula is C21H30O2. The van der Waals surface area contributed by atoms with Crippen molar-refractivity contribution in [2.24, 2.45) is 34.5 Å². The van der Waals surface area contributed by atoms with Crippen molar-refractivity contribution in [1.29, 1.82) is 0 Å². The van der Waals surface area contributed by atoms with Crippen molar-refractivity contribution in [2.45, 2.75) is 71.0 Å². The van der Waals surface area contributed by atoms with Crippen LogP contribution in [-0.4, -0.2) is 22.4 Å². The average molecular weight is 314 g/mol. The highest BCUT2D eigenvalue weighted by atomic mass is 16.3. The highest BCUT2D eigenvalue weighted by Crippen LogP contribution is 2.65. The predicted molar refractivity (Wildman–Crippen MR) is 91.4 cm³/mol. The Morgan fingerprint density at radius 2 is 1.96 bits per heavy atom. The summed E-state index contributed by atoms with van der Waals surface area (Å²) in [4.78, 5) is 0. The van der Waals surface area contributed by atoms with Gasteiger partial charge in [0.25, 0.3) is 0 Å². The maximum atomic E-state index is 10.5. The number of rotatable bonds is 0. The standard InChI is InChI=1S/C21H30O2/c1-4-13-11-15(22)12-14-5-6-16-17-7-8-19(23)20(17,2)10-9-18(16)21(13,14)3/h1,5,13,15-19,22-23H,6-12H2,2-3H3/t13?,15-,16-,17-,18-,19+,20-,21-/m0/s1. The van der Waals surface area contributed by atoms with Crippen LogP contribution in [0, 0.1) is 46.8 Å². The van der Waals surface area contributed by atoms with Gasteiger partial charge in [-0.1, -0.05) is 25.5 Å². The maximum absolute atomic E-state index is 10.5. The topological polar surface area (TPSA) is 40.5 Å². The average Bonchev–Trinajstić information content (AvgIpc) is 2.83. The molecule has 4 rings (SSSR count). The molecule has 2 nitrogen and oxygen atoms in total. The van der Waals surface area contributed by atoms with E-state index in [1.165, 1.54) is 18.4 Å². The van der Waals surface area contributed by atoms with Gasteiger partial charge in [-0.2, -0.15) is 0 Å². The molecule has 4 aliphatic carbocycles. The van der Waals surface area contributed by atoms with Crippen LogP contribution < -0.4 is 0 Å². The van der Waals surface area contributed by atoms with E-state index < -0.39 is 0 Å². The van der Waals surface area contributed by atoms with E-state index in [-0.39, 0.29) is 29.0 Å². The van der Waals surface area contributed by atoms with Crippen molar-refractivity contribution in [3.8, 4) is 12.3 Å². The molecule has 0 aromatic heterocycles. The van der Waals surface area contributed by atoms with Crippen molar-refractivity contribution in [3.05, 3.63) is 11.6 Å². The van der Waals surface area contributed by atoms with Crippen molar-refractivity contribution < 1.29 is 10.2 Å². The van der Waals surface area contributed by atoms with Crippen LogP contribution in [-0.2, 0) is 0 Å². The molecule has 4 aliphatic rings. The van der Waals surface area contributed by atoms with Gasteiger partial charge in [-0.3, -0.25) is 0 Å². The second kappa shape index (κ2) is 5.11. The molecule has 1 unspecified atom stereocenters. The third kappa shape index (κ3) is 1.96. The molecule has 0 bridgehead atoms. The van der Waals surface area contributed by atoms with E-state index in [1.54, 1.807) is 0 Å². The Kier molecular flexibility index (Phi) is 3.49. The summed E-state index contributed by atoms with van der Waals surface area (Å²) in [5.74, 6) is 5.11. The third-order valence-corrected chi connectivity index (χ3v) is 8.37. The van der Waals surface area contributed by atoms with Gasteiger partial charge in [-0.05, 0) is 68.1 Å². The monoisotopic (exact) mass is 314 g/mol. The molecule has 23 heavy (non-hydrogen) atoms. The smallest absolute Gasteiger partial charge is 0.0596 e. The summed E-state index contributed by atoms with van der Waals surface area (Å²) in [5, 5.41) is 20.7. The molecule has 2 N–H and O–H groups in total. The van der Waals surface area contributed by atoms with Crippen molar-refractivity contribution in [1.82, 2.24) is 0 Å². The summed E-state index contributed by atoms with van der Waals surface area (Å²) in [6.07, 6.45) is 15.0. The van der Waals surface area contributed by atoms with Crippen LogP contribution >= 0.6 is 0 Å². The van der Waals surface area contributed by atoms with Gasteiger partial charge in [-0.15, -0.1) is 12.3 Å². The zero-order chi connectivity index (χ0) is 16.4. The highest BCUT2D eigenvalue weighted by molar-refractivity contribution is 5.30. The minimum Gasteiger partial charge on any atom is -0.393 e. The Balaban J connectivity index is 1.73. The number of aliphatic hydroxyl groups is 2. The van der Waals surface area contributed by atoms with Gasteiger partial charge in [0.05, 0.1) is 12.2 Å². The molecule has 126 valence electrons. The number of hydrogen-bond acceptors (Lipinski definition) is 2. The fourth-order valence-electron chi connectivity index (χ4n) is 6.95. The molecule has 3 saturated carbocycles. The first-order chi connectivity index (χ1) is 10.9. The van der Waals surface area contributed by atoms with Gasteiger partial charge in [0.15, 0.2) is 0 Å². The van der Waals surface area contributed by atoms with E-state index in [0.29, 0.717) is 17.8 Å². The van der Waals surface area contributed by atoms with E-state index in [0.717, 1.165) is 32.1 Å². The van der Waals surface area contributed by atoms with Crippen LogP contribution in [0.4, 0.5) is 0 Å². The molecule has 0 amide bonds. The Bertz CT molecular complexity index is 573. The molecular weight excluding hydrogens is 284 g/mol. The lowest BCUT2D eigenvalue weighted by atomic mass is 9.45. The van der Waals surface area contributed by atoms with Crippen LogP contribution in [0.2, 0.25) is 0 Å². The van der Waals surface area contributed by atoms with Crippen LogP contribution in [0.3, 0.4) is 0 Å². The lowest BCUT2D eigenvalue weighted by Gasteiger charge is -2.59.